The van der Waals surface area contributed by atoms with Crippen LogP contribution in [-0.2, 0) is 4.79 Å². The highest BCUT2D eigenvalue weighted by molar-refractivity contribution is 5.81. The Bertz CT molecular complexity index is 215. The molecule has 0 bridgehead atoms. The number of hydrogen-bond donors (Lipinski definition) is 2. The van der Waals surface area contributed by atoms with E-state index in [9.17, 15) is 4.79 Å². The Morgan fingerprint density at radius 2 is 1.78 bits per heavy atom. The molecule has 18 heavy (non-hydrogen) atoms. The van der Waals surface area contributed by atoms with Gasteiger partial charge in [-0.1, -0.05) is 13.8 Å². The van der Waals surface area contributed by atoms with E-state index in [1.165, 1.54) is 6.42 Å². The number of carbonyl (C=O) groups excluding carboxylic acids is 1. The standard InChI is InChI=1S/C14H31N3O/c1-6-13(7-2)16-14(18)12(3)15-10-8-9-11-17(4)5/h12-13,15H,6-11H2,1-5H3,(H,16,18). The average Bonchev–Trinajstić information content (AvgIpc) is 2.34. The molecule has 0 rings (SSSR count). The number of nitrogens with one attached hydrogen (secondary N) is 2. The molecule has 0 saturated carbocycles. The molecule has 1 unspecified atom stereocenters. The largest absolute Gasteiger partial charge is 0.352 e. The van der Waals surface area contributed by atoms with Crippen LogP contribution in [0.1, 0.15) is 46.5 Å². The first-order valence-corrected chi connectivity index (χ1v) is 7.19. The molecule has 0 aromatic carbocycles. The highest BCUT2D eigenvalue weighted by atomic mass is 16.2. The molecule has 4 nitrogen and oxygen atoms in total. The van der Waals surface area contributed by atoms with Crippen LogP contribution in [0.15, 0.2) is 0 Å². The number of unbranched alkanes of at least 4 members (excludes halogenated alkanes) is 1. The van der Waals surface area contributed by atoms with E-state index in [1.54, 1.807) is 0 Å². The molecule has 0 aliphatic heterocycles. The third kappa shape index (κ3) is 8.48. The van der Waals surface area contributed by atoms with Crippen LogP contribution < -0.4 is 10.6 Å². The molecule has 0 aliphatic carbocycles. The van der Waals surface area contributed by atoms with Crippen LogP contribution in [0.3, 0.4) is 0 Å². The summed E-state index contributed by atoms with van der Waals surface area (Å²) in [5.74, 6) is 0.122. The van der Waals surface area contributed by atoms with Gasteiger partial charge in [0, 0.05) is 6.04 Å². The zero-order valence-corrected chi connectivity index (χ0v) is 12.8. The Kier molecular flexibility index (Phi) is 9.98. The highest BCUT2D eigenvalue weighted by Gasteiger charge is 2.14. The van der Waals surface area contributed by atoms with Crippen LogP contribution in [0, 0.1) is 0 Å². The molecular formula is C14H31N3O. The van der Waals surface area contributed by atoms with Crippen molar-refractivity contribution in [3.8, 4) is 0 Å². The predicted molar refractivity (Wildman–Crippen MR) is 77.8 cm³/mol. The Balaban J connectivity index is 3.67. The summed E-state index contributed by atoms with van der Waals surface area (Å²) in [7, 11) is 4.16. The second-order valence-electron chi connectivity index (χ2n) is 5.21. The molecule has 0 saturated heterocycles. The van der Waals surface area contributed by atoms with Gasteiger partial charge in [0.05, 0.1) is 6.04 Å². The highest BCUT2D eigenvalue weighted by Crippen LogP contribution is 1.97. The van der Waals surface area contributed by atoms with E-state index >= 15 is 0 Å². The summed E-state index contributed by atoms with van der Waals surface area (Å²) >= 11 is 0. The SMILES string of the molecule is CCC(CC)NC(=O)C(C)NCCCCN(C)C. The van der Waals surface area contributed by atoms with Crippen molar-refractivity contribution in [2.75, 3.05) is 27.2 Å². The van der Waals surface area contributed by atoms with Crippen LogP contribution >= 0.6 is 0 Å². The Morgan fingerprint density at radius 1 is 1.17 bits per heavy atom. The van der Waals surface area contributed by atoms with Gasteiger partial charge >= 0.3 is 0 Å². The van der Waals surface area contributed by atoms with Crippen molar-refractivity contribution < 1.29 is 4.79 Å². The maximum absolute atomic E-state index is 11.9. The van der Waals surface area contributed by atoms with E-state index in [2.05, 4.69) is 43.5 Å². The molecule has 0 aliphatic rings. The zero-order chi connectivity index (χ0) is 14.0. The smallest absolute Gasteiger partial charge is 0.237 e. The molecular weight excluding hydrogens is 226 g/mol. The van der Waals surface area contributed by atoms with Crippen molar-refractivity contribution in [2.45, 2.75) is 58.5 Å². The van der Waals surface area contributed by atoms with E-state index in [-0.39, 0.29) is 11.9 Å². The maximum Gasteiger partial charge on any atom is 0.237 e. The Hall–Kier alpha value is -0.610. The summed E-state index contributed by atoms with van der Waals surface area (Å²) in [6.07, 6.45) is 4.28. The molecule has 0 fully saturated rings. The number of rotatable bonds is 10. The van der Waals surface area contributed by atoms with Gasteiger partial charge in [0.2, 0.25) is 5.91 Å². The van der Waals surface area contributed by atoms with Gasteiger partial charge in [-0.05, 0) is 59.8 Å². The average molecular weight is 257 g/mol. The molecule has 0 heterocycles. The third-order valence-electron chi connectivity index (χ3n) is 3.21. The molecule has 1 atom stereocenters. The van der Waals surface area contributed by atoms with Crippen LogP contribution in [0.4, 0.5) is 0 Å². The number of nitrogens with zero attached hydrogens (tertiary/aromatic N) is 1. The van der Waals surface area contributed by atoms with Crippen LogP contribution in [0.5, 0.6) is 0 Å². The van der Waals surface area contributed by atoms with E-state index in [0.717, 1.165) is 32.4 Å². The van der Waals surface area contributed by atoms with E-state index in [4.69, 9.17) is 0 Å². The van der Waals surface area contributed by atoms with Crippen LogP contribution in [0.2, 0.25) is 0 Å². The van der Waals surface area contributed by atoms with Gasteiger partial charge in [-0.2, -0.15) is 0 Å². The fourth-order valence-corrected chi connectivity index (χ4v) is 1.78. The molecule has 0 radical (unpaired) electrons. The normalized spacial score (nSPS) is 13.1. The summed E-state index contributed by atoms with van der Waals surface area (Å²) in [4.78, 5) is 14.0. The summed E-state index contributed by atoms with van der Waals surface area (Å²) in [5, 5.41) is 6.34. The molecule has 0 aromatic rings. The zero-order valence-electron chi connectivity index (χ0n) is 12.8. The van der Waals surface area contributed by atoms with E-state index in [0.29, 0.717) is 6.04 Å². The topological polar surface area (TPSA) is 44.4 Å². The van der Waals surface area contributed by atoms with Crippen LogP contribution in [0.25, 0.3) is 0 Å². The van der Waals surface area contributed by atoms with Crippen molar-refractivity contribution >= 4 is 5.91 Å². The van der Waals surface area contributed by atoms with Crippen molar-refractivity contribution in [1.29, 1.82) is 0 Å². The van der Waals surface area contributed by atoms with Gasteiger partial charge in [0.15, 0.2) is 0 Å². The third-order valence-corrected chi connectivity index (χ3v) is 3.21. The maximum atomic E-state index is 11.9. The van der Waals surface area contributed by atoms with Gasteiger partial charge in [-0.15, -0.1) is 0 Å². The minimum absolute atomic E-state index is 0.0926. The lowest BCUT2D eigenvalue weighted by atomic mass is 10.1. The van der Waals surface area contributed by atoms with Crippen LogP contribution in [-0.4, -0.2) is 50.1 Å². The lowest BCUT2D eigenvalue weighted by molar-refractivity contribution is -0.123. The molecule has 1 amide bonds. The molecule has 0 spiro atoms. The Labute approximate surface area is 113 Å². The first kappa shape index (κ1) is 17.4. The fourth-order valence-electron chi connectivity index (χ4n) is 1.78. The molecule has 2 N–H and O–H groups in total. The minimum Gasteiger partial charge on any atom is -0.352 e. The molecule has 4 heteroatoms. The minimum atomic E-state index is -0.0926. The summed E-state index contributed by atoms with van der Waals surface area (Å²) < 4.78 is 0. The fraction of sp³-hybridized carbons (Fsp3) is 0.929. The summed E-state index contributed by atoms with van der Waals surface area (Å²) in [5.41, 5.74) is 0. The summed E-state index contributed by atoms with van der Waals surface area (Å²) in [6, 6.07) is 0.223. The van der Waals surface area contributed by atoms with Gasteiger partial charge in [-0.25, -0.2) is 0 Å². The predicted octanol–water partition coefficient (Wildman–Crippen LogP) is 1.61. The monoisotopic (exact) mass is 257 g/mol. The Morgan fingerprint density at radius 3 is 2.28 bits per heavy atom. The lowest BCUT2D eigenvalue weighted by Crippen LogP contribution is -2.46. The number of carbonyl (C=O) groups is 1. The second kappa shape index (κ2) is 10.3. The first-order chi connectivity index (χ1) is 8.51. The lowest BCUT2D eigenvalue weighted by Gasteiger charge is -2.19. The van der Waals surface area contributed by atoms with Crippen molar-refractivity contribution in [2.24, 2.45) is 0 Å². The second-order valence-corrected chi connectivity index (χ2v) is 5.21. The van der Waals surface area contributed by atoms with E-state index in [1.807, 2.05) is 6.92 Å². The van der Waals surface area contributed by atoms with Crippen molar-refractivity contribution in [3.05, 3.63) is 0 Å². The van der Waals surface area contributed by atoms with Crippen molar-refractivity contribution in [1.82, 2.24) is 15.5 Å². The van der Waals surface area contributed by atoms with Crippen molar-refractivity contribution in [3.63, 3.8) is 0 Å². The van der Waals surface area contributed by atoms with Gasteiger partial charge in [-0.3, -0.25) is 4.79 Å². The van der Waals surface area contributed by atoms with Gasteiger partial charge in [0.1, 0.15) is 0 Å². The number of hydrogen-bond acceptors (Lipinski definition) is 3. The van der Waals surface area contributed by atoms with E-state index < -0.39 is 0 Å². The van der Waals surface area contributed by atoms with Gasteiger partial charge in [0.25, 0.3) is 0 Å². The summed E-state index contributed by atoms with van der Waals surface area (Å²) in [6.45, 7) is 8.16. The number of amides is 1. The quantitative estimate of drug-likeness (QED) is 0.584. The first-order valence-electron chi connectivity index (χ1n) is 7.19. The van der Waals surface area contributed by atoms with Gasteiger partial charge < -0.3 is 15.5 Å². The molecule has 0 aromatic heterocycles. The molecule has 108 valence electrons.